The topological polar surface area (TPSA) is 51.2 Å². The standard InChI is InChI=1S/C20H20N2O2S/c1-3-14-8-10-15(11-9-14)20-21-16(13-25-20)12-19(23)22-17-6-4-5-7-18(17)24-2/h4-11,13H,3,12H2,1-2H3,(H,22,23). The number of aryl methyl sites for hydroxylation is 1. The maximum absolute atomic E-state index is 12.3. The van der Waals surface area contributed by atoms with Crippen LogP contribution in [0, 0.1) is 0 Å². The van der Waals surface area contributed by atoms with Crippen LogP contribution in [0.1, 0.15) is 18.2 Å². The van der Waals surface area contributed by atoms with Gasteiger partial charge in [-0.1, -0.05) is 43.3 Å². The molecule has 0 bridgehead atoms. The van der Waals surface area contributed by atoms with Crippen LogP contribution in [0.15, 0.2) is 53.9 Å². The van der Waals surface area contributed by atoms with Gasteiger partial charge in [0.15, 0.2) is 0 Å². The molecule has 1 heterocycles. The third-order valence-electron chi connectivity index (χ3n) is 3.88. The molecule has 0 saturated heterocycles. The van der Waals surface area contributed by atoms with Crippen molar-refractivity contribution in [2.75, 3.05) is 12.4 Å². The lowest BCUT2D eigenvalue weighted by molar-refractivity contribution is -0.115. The summed E-state index contributed by atoms with van der Waals surface area (Å²) < 4.78 is 5.25. The van der Waals surface area contributed by atoms with E-state index in [1.807, 2.05) is 29.6 Å². The molecule has 0 radical (unpaired) electrons. The molecule has 25 heavy (non-hydrogen) atoms. The molecule has 1 aromatic heterocycles. The van der Waals surface area contributed by atoms with Crippen molar-refractivity contribution in [2.24, 2.45) is 0 Å². The predicted molar refractivity (Wildman–Crippen MR) is 102 cm³/mol. The molecule has 0 atom stereocenters. The molecule has 0 aliphatic carbocycles. The van der Waals surface area contributed by atoms with Gasteiger partial charge >= 0.3 is 0 Å². The van der Waals surface area contributed by atoms with Crippen LogP contribution in [-0.4, -0.2) is 18.0 Å². The number of nitrogens with one attached hydrogen (secondary N) is 1. The Morgan fingerprint density at radius 2 is 1.92 bits per heavy atom. The predicted octanol–water partition coefficient (Wildman–Crippen LogP) is 4.56. The van der Waals surface area contributed by atoms with E-state index in [-0.39, 0.29) is 12.3 Å². The zero-order valence-electron chi connectivity index (χ0n) is 14.3. The molecule has 0 saturated carbocycles. The Bertz CT molecular complexity index is 856. The number of carbonyl (C=O) groups is 1. The van der Waals surface area contributed by atoms with Gasteiger partial charge in [0, 0.05) is 10.9 Å². The van der Waals surface area contributed by atoms with E-state index in [4.69, 9.17) is 4.74 Å². The minimum atomic E-state index is -0.109. The molecule has 3 rings (SSSR count). The average Bonchev–Trinajstić information content (AvgIpc) is 3.10. The lowest BCUT2D eigenvalue weighted by Crippen LogP contribution is -2.15. The number of amides is 1. The molecule has 1 N–H and O–H groups in total. The third-order valence-corrected chi connectivity index (χ3v) is 4.82. The average molecular weight is 352 g/mol. The van der Waals surface area contributed by atoms with Crippen LogP contribution >= 0.6 is 11.3 Å². The second-order valence-corrected chi connectivity index (χ2v) is 6.48. The fraction of sp³-hybridized carbons (Fsp3) is 0.200. The van der Waals surface area contributed by atoms with Gasteiger partial charge in [-0.3, -0.25) is 4.79 Å². The Balaban J connectivity index is 1.67. The van der Waals surface area contributed by atoms with Crippen LogP contribution in [0.4, 0.5) is 5.69 Å². The zero-order valence-corrected chi connectivity index (χ0v) is 15.1. The Kier molecular flexibility index (Phi) is 5.46. The van der Waals surface area contributed by atoms with E-state index in [1.54, 1.807) is 18.4 Å². The van der Waals surface area contributed by atoms with Crippen molar-refractivity contribution in [3.05, 3.63) is 65.2 Å². The van der Waals surface area contributed by atoms with Gasteiger partial charge in [0.2, 0.25) is 5.91 Å². The fourth-order valence-electron chi connectivity index (χ4n) is 2.51. The van der Waals surface area contributed by atoms with Crippen LogP contribution in [0.5, 0.6) is 5.75 Å². The monoisotopic (exact) mass is 352 g/mol. The van der Waals surface area contributed by atoms with Crippen molar-refractivity contribution in [2.45, 2.75) is 19.8 Å². The number of rotatable bonds is 6. The molecule has 1 amide bonds. The van der Waals surface area contributed by atoms with Crippen molar-refractivity contribution >= 4 is 22.9 Å². The lowest BCUT2D eigenvalue weighted by Gasteiger charge is -2.09. The number of thiazole rings is 1. The number of para-hydroxylation sites is 2. The number of benzene rings is 2. The van der Waals surface area contributed by atoms with Crippen molar-refractivity contribution in [1.29, 1.82) is 0 Å². The summed E-state index contributed by atoms with van der Waals surface area (Å²) in [7, 11) is 1.58. The summed E-state index contributed by atoms with van der Waals surface area (Å²) in [6.45, 7) is 2.14. The third kappa shape index (κ3) is 4.25. The van der Waals surface area contributed by atoms with Crippen molar-refractivity contribution in [1.82, 2.24) is 4.98 Å². The number of ether oxygens (including phenoxy) is 1. The van der Waals surface area contributed by atoms with Crippen molar-refractivity contribution < 1.29 is 9.53 Å². The molecule has 128 valence electrons. The molecule has 4 nitrogen and oxygen atoms in total. The normalized spacial score (nSPS) is 10.5. The molecule has 0 aliphatic heterocycles. The molecular weight excluding hydrogens is 332 g/mol. The SMILES string of the molecule is CCc1ccc(-c2nc(CC(=O)Nc3ccccc3OC)cs2)cc1. The molecular formula is C20H20N2O2S. The highest BCUT2D eigenvalue weighted by Crippen LogP contribution is 2.26. The quantitative estimate of drug-likeness (QED) is 0.707. The summed E-state index contributed by atoms with van der Waals surface area (Å²) in [6, 6.07) is 15.8. The van der Waals surface area contributed by atoms with Gasteiger partial charge < -0.3 is 10.1 Å². The van der Waals surface area contributed by atoms with Gasteiger partial charge in [0.25, 0.3) is 0 Å². The van der Waals surface area contributed by atoms with Crippen LogP contribution in [0.2, 0.25) is 0 Å². The summed E-state index contributed by atoms with van der Waals surface area (Å²) in [5, 5.41) is 5.74. The number of nitrogens with zero attached hydrogens (tertiary/aromatic N) is 1. The Labute approximate surface area is 151 Å². The van der Waals surface area contributed by atoms with Gasteiger partial charge in [-0.25, -0.2) is 4.98 Å². The minimum Gasteiger partial charge on any atom is -0.495 e. The number of hydrogen-bond donors (Lipinski definition) is 1. The van der Waals surface area contributed by atoms with Gasteiger partial charge in [-0.2, -0.15) is 0 Å². The molecule has 2 aromatic carbocycles. The van der Waals surface area contributed by atoms with Crippen LogP contribution in [0.3, 0.4) is 0 Å². The largest absolute Gasteiger partial charge is 0.495 e. The van der Waals surface area contributed by atoms with Gasteiger partial charge in [0.1, 0.15) is 10.8 Å². The lowest BCUT2D eigenvalue weighted by atomic mass is 10.1. The van der Waals surface area contributed by atoms with Crippen LogP contribution in [-0.2, 0) is 17.6 Å². The first-order chi connectivity index (χ1) is 12.2. The second-order valence-electron chi connectivity index (χ2n) is 5.62. The summed E-state index contributed by atoms with van der Waals surface area (Å²) in [4.78, 5) is 16.9. The zero-order chi connectivity index (χ0) is 17.6. The molecule has 0 spiro atoms. The molecule has 0 unspecified atom stereocenters. The van der Waals surface area contributed by atoms with Gasteiger partial charge in [-0.05, 0) is 24.1 Å². The Morgan fingerprint density at radius 3 is 2.64 bits per heavy atom. The Hall–Kier alpha value is -2.66. The van der Waals surface area contributed by atoms with Crippen molar-refractivity contribution in [3.63, 3.8) is 0 Å². The Morgan fingerprint density at radius 1 is 1.16 bits per heavy atom. The van der Waals surface area contributed by atoms with E-state index < -0.39 is 0 Å². The molecule has 0 aliphatic rings. The van der Waals surface area contributed by atoms with E-state index >= 15 is 0 Å². The van der Waals surface area contributed by atoms with E-state index in [2.05, 4.69) is 41.5 Å². The van der Waals surface area contributed by atoms with Gasteiger partial charge in [0.05, 0.1) is 24.9 Å². The summed E-state index contributed by atoms with van der Waals surface area (Å²) >= 11 is 1.56. The minimum absolute atomic E-state index is 0.109. The summed E-state index contributed by atoms with van der Waals surface area (Å²) in [5.41, 5.74) is 3.82. The van der Waals surface area contributed by atoms with Crippen LogP contribution < -0.4 is 10.1 Å². The first-order valence-corrected chi connectivity index (χ1v) is 9.04. The summed E-state index contributed by atoms with van der Waals surface area (Å²) in [6.07, 6.45) is 1.26. The fourth-order valence-corrected chi connectivity index (χ4v) is 3.34. The van der Waals surface area contributed by atoms with E-state index in [1.165, 1.54) is 5.56 Å². The first-order valence-electron chi connectivity index (χ1n) is 8.16. The smallest absolute Gasteiger partial charge is 0.230 e. The van der Waals surface area contributed by atoms with Gasteiger partial charge in [-0.15, -0.1) is 11.3 Å². The highest BCUT2D eigenvalue weighted by atomic mass is 32.1. The number of carbonyl (C=O) groups excluding carboxylic acids is 1. The molecule has 3 aromatic rings. The highest BCUT2D eigenvalue weighted by molar-refractivity contribution is 7.13. The van der Waals surface area contributed by atoms with E-state index in [0.717, 1.165) is 22.7 Å². The molecule has 5 heteroatoms. The highest BCUT2D eigenvalue weighted by Gasteiger charge is 2.11. The maximum Gasteiger partial charge on any atom is 0.230 e. The number of aromatic nitrogens is 1. The van der Waals surface area contributed by atoms with E-state index in [9.17, 15) is 4.79 Å². The number of methoxy groups -OCH3 is 1. The second kappa shape index (κ2) is 7.94. The molecule has 0 fully saturated rings. The van der Waals surface area contributed by atoms with E-state index in [0.29, 0.717) is 11.4 Å². The number of anilines is 1. The summed E-state index contributed by atoms with van der Waals surface area (Å²) in [5.74, 6) is 0.536. The maximum atomic E-state index is 12.3. The van der Waals surface area contributed by atoms with Crippen LogP contribution in [0.25, 0.3) is 10.6 Å². The number of hydrogen-bond acceptors (Lipinski definition) is 4. The first kappa shape index (κ1) is 17.2. The van der Waals surface area contributed by atoms with Crippen molar-refractivity contribution in [3.8, 4) is 16.3 Å².